The highest BCUT2D eigenvalue weighted by Gasteiger charge is 2.50. The molecular formula is C27H42O4. The summed E-state index contributed by atoms with van der Waals surface area (Å²) in [6, 6.07) is 0. The molecule has 3 aliphatic rings. The number of hydrogen-bond donors (Lipinski definition) is 3. The quantitative estimate of drug-likeness (QED) is 0.561. The molecule has 4 nitrogen and oxygen atoms in total. The maximum atomic E-state index is 12.2. The van der Waals surface area contributed by atoms with Crippen molar-refractivity contribution >= 4 is 5.78 Å². The van der Waals surface area contributed by atoms with Gasteiger partial charge in [0.1, 0.15) is 5.60 Å². The first-order valence-electron chi connectivity index (χ1n) is 12.1. The Hall–Kier alpha value is -1.23. The Kier molecular flexibility index (Phi) is 7.35. The van der Waals surface area contributed by atoms with E-state index in [1.807, 2.05) is 0 Å². The molecule has 174 valence electrons. The molecule has 0 heterocycles. The van der Waals surface area contributed by atoms with Crippen molar-refractivity contribution in [2.45, 2.75) is 103 Å². The molecule has 0 spiro atoms. The number of fused-ring (bicyclic) bond motifs is 1. The van der Waals surface area contributed by atoms with Gasteiger partial charge in [-0.1, -0.05) is 38.2 Å². The van der Waals surface area contributed by atoms with Gasteiger partial charge in [0, 0.05) is 12.8 Å². The number of allylic oxidation sites excluding steroid dienone is 3. The van der Waals surface area contributed by atoms with Gasteiger partial charge in [0.25, 0.3) is 0 Å². The summed E-state index contributed by atoms with van der Waals surface area (Å²) in [5.74, 6) is 1.55. The van der Waals surface area contributed by atoms with Crippen LogP contribution in [0.4, 0.5) is 0 Å². The molecular weight excluding hydrogens is 388 g/mol. The maximum Gasteiger partial charge on any atom is 0.163 e. The summed E-state index contributed by atoms with van der Waals surface area (Å²) in [6.45, 7) is 11.9. The number of hydrogen-bond acceptors (Lipinski definition) is 4. The van der Waals surface area contributed by atoms with Crippen molar-refractivity contribution in [2.24, 2.45) is 23.2 Å². The molecule has 3 fully saturated rings. The van der Waals surface area contributed by atoms with Crippen LogP contribution in [0.3, 0.4) is 0 Å². The Bertz CT molecular complexity index is 756. The predicted octanol–water partition coefficient (Wildman–Crippen LogP) is 4.88. The Balaban J connectivity index is 1.72. The van der Waals surface area contributed by atoms with Crippen LogP contribution in [-0.2, 0) is 4.79 Å². The molecule has 0 aliphatic heterocycles. The highest BCUT2D eigenvalue weighted by molar-refractivity contribution is 5.86. The van der Waals surface area contributed by atoms with Gasteiger partial charge in [-0.05, 0) is 93.1 Å². The van der Waals surface area contributed by atoms with Crippen LogP contribution in [0.1, 0.15) is 85.5 Å². The van der Waals surface area contributed by atoms with E-state index in [4.69, 9.17) is 0 Å². The van der Waals surface area contributed by atoms with Crippen molar-refractivity contribution < 1.29 is 20.1 Å². The number of aliphatic hydroxyl groups is 3. The number of aliphatic hydroxyl groups excluding tert-OH is 2. The van der Waals surface area contributed by atoms with Crippen molar-refractivity contribution in [3.05, 3.63) is 35.5 Å². The molecule has 3 rings (SSSR count). The molecule has 4 heteroatoms. The molecule has 0 aromatic rings. The lowest BCUT2D eigenvalue weighted by molar-refractivity contribution is -0.134. The summed E-state index contributed by atoms with van der Waals surface area (Å²) >= 11 is 0. The van der Waals surface area contributed by atoms with Crippen LogP contribution in [0.15, 0.2) is 35.5 Å². The zero-order chi connectivity index (χ0) is 23.0. The first-order valence-corrected chi connectivity index (χ1v) is 12.1. The van der Waals surface area contributed by atoms with E-state index >= 15 is 0 Å². The van der Waals surface area contributed by atoms with Crippen LogP contribution in [0.2, 0.25) is 0 Å². The highest BCUT2D eigenvalue weighted by atomic mass is 16.3. The monoisotopic (exact) mass is 430 g/mol. The van der Waals surface area contributed by atoms with E-state index in [-0.39, 0.29) is 11.2 Å². The maximum absolute atomic E-state index is 12.2. The number of carbonyl (C=O) groups is 1. The third-order valence-corrected chi connectivity index (χ3v) is 8.50. The van der Waals surface area contributed by atoms with E-state index in [0.717, 1.165) is 24.0 Å². The summed E-state index contributed by atoms with van der Waals surface area (Å²) in [6.07, 6.45) is 11.3. The Morgan fingerprint density at radius 2 is 2.00 bits per heavy atom. The van der Waals surface area contributed by atoms with E-state index in [1.54, 1.807) is 13.8 Å². The molecule has 31 heavy (non-hydrogen) atoms. The van der Waals surface area contributed by atoms with E-state index in [1.165, 1.54) is 31.3 Å². The highest BCUT2D eigenvalue weighted by Crippen LogP contribution is 2.59. The van der Waals surface area contributed by atoms with Gasteiger partial charge in [-0.25, -0.2) is 0 Å². The molecule has 6 atom stereocenters. The van der Waals surface area contributed by atoms with Crippen molar-refractivity contribution in [2.75, 3.05) is 0 Å². The molecule has 3 aliphatic carbocycles. The van der Waals surface area contributed by atoms with Gasteiger partial charge < -0.3 is 15.3 Å². The molecule has 3 N–H and O–H groups in total. The Morgan fingerprint density at radius 1 is 1.29 bits per heavy atom. The van der Waals surface area contributed by atoms with Gasteiger partial charge in [0.2, 0.25) is 0 Å². The second-order valence-corrected chi connectivity index (χ2v) is 11.2. The van der Waals surface area contributed by atoms with Gasteiger partial charge in [0.15, 0.2) is 5.78 Å². The van der Waals surface area contributed by atoms with Crippen LogP contribution < -0.4 is 0 Å². The van der Waals surface area contributed by atoms with Crippen LogP contribution in [0, 0.1) is 23.2 Å². The standard InChI is InChI=1S/C27H42O4/c1-17(8-13-25(30)26(3,4)31)22-11-12-23-19(7-6-14-27(22,23)5)9-10-20-15-21(28)16-24(29)18(20)2/h9-10,17,21-24,28-29,31H,2,6-8,11-16H2,1,3-5H3/b19-9+,20-10-/t17-,21+,22-,23+,24+,27-/m1/s1. The second-order valence-electron chi connectivity index (χ2n) is 11.2. The fourth-order valence-corrected chi connectivity index (χ4v) is 6.55. The summed E-state index contributed by atoms with van der Waals surface area (Å²) in [5, 5.41) is 30.1. The smallest absolute Gasteiger partial charge is 0.163 e. The molecule has 0 aromatic carbocycles. The van der Waals surface area contributed by atoms with Gasteiger partial charge >= 0.3 is 0 Å². The fourth-order valence-electron chi connectivity index (χ4n) is 6.55. The minimum atomic E-state index is -1.24. The van der Waals surface area contributed by atoms with Crippen molar-refractivity contribution in [1.29, 1.82) is 0 Å². The van der Waals surface area contributed by atoms with E-state index in [0.29, 0.717) is 37.0 Å². The molecule has 0 radical (unpaired) electrons. The molecule has 0 unspecified atom stereocenters. The first kappa shape index (κ1) is 24.4. The van der Waals surface area contributed by atoms with E-state index in [9.17, 15) is 20.1 Å². The van der Waals surface area contributed by atoms with Crippen molar-refractivity contribution in [3.8, 4) is 0 Å². The molecule has 0 saturated heterocycles. The van der Waals surface area contributed by atoms with Crippen LogP contribution in [-0.4, -0.2) is 38.9 Å². The summed E-state index contributed by atoms with van der Waals surface area (Å²) < 4.78 is 0. The minimum absolute atomic E-state index is 0.0630. The van der Waals surface area contributed by atoms with E-state index < -0.39 is 17.8 Å². The van der Waals surface area contributed by atoms with Crippen molar-refractivity contribution in [1.82, 2.24) is 0 Å². The third kappa shape index (κ3) is 5.23. The number of Topliss-reactive ketones (excluding diaryl/α,β-unsaturated/α-hetero) is 1. The molecule has 0 amide bonds. The van der Waals surface area contributed by atoms with Crippen LogP contribution >= 0.6 is 0 Å². The van der Waals surface area contributed by atoms with Crippen LogP contribution in [0.25, 0.3) is 0 Å². The zero-order valence-electron chi connectivity index (χ0n) is 19.9. The number of carbonyl (C=O) groups excluding carboxylic acids is 1. The summed E-state index contributed by atoms with van der Waals surface area (Å²) in [7, 11) is 0. The predicted molar refractivity (Wildman–Crippen MR) is 124 cm³/mol. The number of rotatable bonds is 6. The average Bonchev–Trinajstić information content (AvgIpc) is 3.04. The summed E-state index contributed by atoms with van der Waals surface area (Å²) in [5.41, 5.74) is 2.23. The van der Waals surface area contributed by atoms with Crippen LogP contribution in [0.5, 0.6) is 0 Å². The average molecular weight is 431 g/mol. The SMILES string of the molecule is C=C1/C(=C\C=C2/CCC[C@]3(C)[C@@H]([C@H](C)CCC(=O)C(C)(C)O)CC[C@@H]23)C[C@H](O)C[C@@H]1O. The summed E-state index contributed by atoms with van der Waals surface area (Å²) in [4.78, 5) is 12.2. The lowest BCUT2D eigenvalue weighted by Gasteiger charge is -2.44. The number of ketones is 1. The molecule has 0 aromatic heterocycles. The van der Waals surface area contributed by atoms with Gasteiger partial charge in [-0.3, -0.25) is 4.79 Å². The normalized spacial score (nSPS) is 37.8. The van der Waals surface area contributed by atoms with Gasteiger partial charge in [0.05, 0.1) is 12.2 Å². The third-order valence-electron chi connectivity index (χ3n) is 8.50. The van der Waals surface area contributed by atoms with E-state index in [2.05, 4.69) is 32.6 Å². The topological polar surface area (TPSA) is 77.8 Å². The Labute approximate surface area is 188 Å². The first-order chi connectivity index (χ1) is 14.4. The van der Waals surface area contributed by atoms with Gasteiger partial charge in [-0.2, -0.15) is 0 Å². The zero-order valence-corrected chi connectivity index (χ0v) is 19.9. The second kappa shape index (κ2) is 9.33. The largest absolute Gasteiger partial charge is 0.393 e. The van der Waals surface area contributed by atoms with Crippen molar-refractivity contribution in [3.63, 3.8) is 0 Å². The Morgan fingerprint density at radius 3 is 2.68 bits per heavy atom. The lowest BCUT2D eigenvalue weighted by Crippen LogP contribution is -2.36. The van der Waals surface area contributed by atoms with Gasteiger partial charge in [-0.15, -0.1) is 0 Å². The fraction of sp³-hybridized carbons (Fsp3) is 0.741. The molecule has 0 bridgehead atoms. The lowest BCUT2D eigenvalue weighted by atomic mass is 9.60. The molecule has 3 saturated carbocycles. The minimum Gasteiger partial charge on any atom is -0.393 e.